The number of ether oxygens (including phenoxy) is 1. The molecule has 0 unspecified atom stereocenters. The first-order chi connectivity index (χ1) is 15.7. The minimum absolute atomic E-state index is 0.0141. The van der Waals surface area contributed by atoms with Gasteiger partial charge in [-0.15, -0.1) is 0 Å². The number of sulfonamides is 1. The van der Waals surface area contributed by atoms with E-state index in [0.717, 1.165) is 10.9 Å². The van der Waals surface area contributed by atoms with Crippen LogP contribution in [0.3, 0.4) is 0 Å². The lowest BCUT2D eigenvalue weighted by Crippen LogP contribution is -2.25. The van der Waals surface area contributed by atoms with Crippen molar-refractivity contribution in [1.29, 1.82) is 0 Å². The third-order valence-electron chi connectivity index (χ3n) is 5.12. The number of carbonyl (C=O) groups is 1. The Hall–Kier alpha value is -3.67. The van der Waals surface area contributed by atoms with Crippen molar-refractivity contribution in [3.63, 3.8) is 0 Å². The zero-order chi connectivity index (χ0) is 23.9. The average Bonchev–Trinajstić information content (AvgIpc) is 3.32. The summed E-state index contributed by atoms with van der Waals surface area (Å²) in [6.07, 6.45) is 1.45. The van der Waals surface area contributed by atoms with E-state index in [4.69, 9.17) is 9.15 Å². The topological polar surface area (TPSA) is 149 Å². The molecule has 0 fully saturated rings. The van der Waals surface area contributed by atoms with Gasteiger partial charge in [-0.1, -0.05) is 6.92 Å². The molecule has 1 aromatic carbocycles. The second-order valence-electron chi connectivity index (χ2n) is 7.47. The molecular formula is C21H23N5O6S. The highest BCUT2D eigenvalue weighted by atomic mass is 32.2. The number of nitrogens with one attached hydrogen (secondary N) is 2. The average molecular weight is 474 g/mol. The SMILES string of the molecule is CCCc1nc2nc(C)c(NS(=O)(=O)c3ccc4oc(C(=O)OCC)c(C)c4c3)c(=O)n2[nH]1. The summed E-state index contributed by atoms with van der Waals surface area (Å²) >= 11 is 0. The molecule has 0 aliphatic carbocycles. The molecule has 0 radical (unpaired) electrons. The number of H-pyrrole nitrogens is 1. The molecule has 3 heterocycles. The Morgan fingerprint density at radius 3 is 2.70 bits per heavy atom. The maximum atomic E-state index is 13.1. The zero-order valence-corrected chi connectivity index (χ0v) is 19.4. The number of anilines is 1. The largest absolute Gasteiger partial charge is 0.460 e. The number of rotatable bonds is 7. The van der Waals surface area contributed by atoms with Crippen LogP contribution >= 0.6 is 0 Å². The van der Waals surface area contributed by atoms with Gasteiger partial charge in [0.15, 0.2) is 0 Å². The number of benzene rings is 1. The molecule has 4 rings (SSSR count). The molecule has 0 saturated carbocycles. The Kier molecular flexibility index (Phi) is 5.70. The molecule has 0 amide bonds. The molecule has 3 aromatic heterocycles. The van der Waals surface area contributed by atoms with Crippen LogP contribution in [-0.4, -0.2) is 40.6 Å². The molecule has 0 atom stereocenters. The Morgan fingerprint density at radius 2 is 2.00 bits per heavy atom. The maximum absolute atomic E-state index is 13.1. The van der Waals surface area contributed by atoms with Gasteiger partial charge in [0.25, 0.3) is 21.4 Å². The molecule has 33 heavy (non-hydrogen) atoms. The van der Waals surface area contributed by atoms with E-state index in [-0.39, 0.29) is 34.4 Å². The van der Waals surface area contributed by atoms with Crippen LogP contribution in [0.5, 0.6) is 0 Å². The minimum atomic E-state index is -4.16. The maximum Gasteiger partial charge on any atom is 0.374 e. The van der Waals surface area contributed by atoms with Gasteiger partial charge in [0.05, 0.1) is 17.2 Å². The van der Waals surface area contributed by atoms with E-state index in [0.29, 0.717) is 28.8 Å². The van der Waals surface area contributed by atoms with E-state index in [1.54, 1.807) is 13.8 Å². The van der Waals surface area contributed by atoms with E-state index in [1.807, 2.05) is 6.92 Å². The predicted octanol–water partition coefficient (Wildman–Crippen LogP) is 2.71. The van der Waals surface area contributed by atoms with Crippen LogP contribution in [0.25, 0.3) is 16.7 Å². The lowest BCUT2D eigenvalue weighted by molar-refractivity contribution is 0.0491. The minimum Gasteiger partial charge on any atom is -0.460 e. The van der Waals surface area contributed by atoms with Gasteiger partial charge in [-0.05, 0) is 45.4 Å². The smallest absolute Gasteiger partial charge is 0.374 e. The molecular weight excluding hydrogens is 450 g/mol. The number of aromatic nitrogens is 4. The van der Waals surface area contributed by atoms with Gasteiger partial charge in [0, 0.05) is 17.4 Å². The summed E-state index contributed by atoms with van der Waals surface area (Å²) in [6.45, 7) is 7.01. The molecule has 0 aliphatic heterocycles. The fourth-order valence-electron chi connectivity index (χ4n) is 3.48. The highest BCUT2D eigenvalue weighted by molar-refractivity contribution is 7.92. The molecule has 4 aromatic rings. The number of hydrogen-bond donors (Lipinski definition) is 2. The Balaban J connectivity index is 1.74. The molecule has 0 spiro atoms. The summed E-state index contributed by atoms with van der Waals surface area (Å²) in [4.78, 5) is 33.4. The van der Waals surface area contributed by atoms with Crippen molar-refractivity contribution in [2.75, 3.05) is 11.3 Å². The van der Waals surface area contributed by atoms with E-state index in [9.17, 15) is 18.0 Å². The van der Waals surface area contributed by atoms with Gasteiger partial charge < -0.3 is 9.15 Å². The first-order valence-corrected chi connectivity index (χ1v) is 11.9. The summed E-state index contributed by atoms with van der Waals surface area (Å²) in [5.41, 5.74) is 0.204. The number of nitrogens with zero attached hydrogens (tertiary/aromatic N) is 3. The Bertz CT molecular complexity index is 1550. The molecule has 2 N–H and O–H groups in total. The van der Waals surface area contributed by atoms with Crippen molar-refractivity contribution in [3.05, 3.63) is 51.4 Å². The van der Waals surface area contributed by atoms with Crippen LogP contribution in [0, 0.1) is 13.8 Å². The molecule has 0 bridgehead atoms. The van der Waals surface area contributed by atoms with Crippen LogP contribution in [0.15, 0.2) is 32.3 Å². The van der Waals surface area contributed by atoms with Crippen molar-refractivity contribution in [2.45, 2.75) is 45.4 Å². The molecule has 12 heteroatoms. The quantitative estimate of drug-likeness (QED) is 0.389. The zero-order valence-electron chi connectivity index (χ0n) is 18.6. The Labute approximate surface area is 188 Å². The summed E-state index contributed by atoms with van der Waals surface area (Å²) < 4.78 is 40.2. The van der Waals surface area contributed by atoms with Gasteiger partial charge in [0.1, 0.15) is 17.1 Å². The lowest BCUT2D eigenvalue weighted by atomic mass is 10.1. The van der Waals surface area contributed by atoms with Gasteiger partial charge >= 0.3 is 5.97 Å². The van der Waals surface area contributed by atoms with E-state index in [2.05, 4.69) is 19.8 Å². The monoisotopic (exact) mass is 473 g/mol. The first-order valence-electron chi connectivity index (χ1n) is 10.4. The highest BCUT2D eigenvalue weighted by Gasteiger charge is 2.24. The lowest BCUT2D eigenvalue weighted by Gasteiger charge is -2.09. The molecule has 11 nitrogen and oxygen atoms in total. The fraction of sp³-hybridized carbons (Fsp3) is 0.333. The van der Waals surface area contributed by atoms with Crippen LogP contribution in [-0.2, 0) is 21.2 Å². The normalized spacial score (nSPS) is 11.9. The summed E-state index contributed by atoms with van der Waals surface area (Å²) in [6, 6.07) is 4.16. The van der Waals surface area contributed by atoms with E-state index in [1.165, 1.54) is 25.1 Å². The number of furan rings is 1. The second-order valence-corrected chi connectivity index (χ2v) is 9.16. The third kappa shape index (κ3) is 3.97. The van der Waals surface area contributed by atoms with Crippen LogP contribution < -0.4 is 10.3 Å². The number of esters is 1. The van der Waals surface area contributed by atoms with Crippen LogP contribution in [0.1, 0.15) is 47.9 Å². The highest BCUT2D eigenvalue weighted by Crippen LogP contribution is 2.29. The van der Waals surface area contributed by atoms with Crippen molar-refractivity contribution in [1.82, 2.24) is 19.6 Å². The molecule has 0 aliphatic rings. The van der Waals surface area contributed by atoms with E-state index >= 15 is 0 Å². The summed E-state index contributed by atoms with van der Waals surface area (Å²) in [5.74, 6) is 0.143. The molecule has 174 valence electrons. The number of fused-ring (bicyclic) bond motifs is 2. The second kappa shape index (κ2) is 8.35. The fourth-order valence-corrected chi connectivity index (χ4v) is 4.62. The number of aromatic amines is 1. The summed E-state index contributed by atoms with van der Waals surface area (Å²) in [7, 11) is -4.16. The van der Waals surface area contributed by atoms with E-state index < -0.39 is 21.6 Å². The van der Waals surface area contributed by atoms with Crippen molar-refractivity contribution < 1.29 is 22.4 Å². The number of carbonyl (C=O) groups excluding carboxylic acids is 1. The summed E-state index contributed by atoms with van der Waals surface area (Å²) in [5, 5.41) is 3.30. The molecule has 0 saturated heterocycles. The predicted molar refractivity (Wildman–Crippen MR) is 120 cm³/mol. The van der Waals surface area contributed by atoms with Crippen LogP contribution in [0.2, 0.25) is 0 Å². The van der Waals surface area contributed by atoms with Crippen molar-refractivity contribution in [2.24, 2.45) is 0 Å². The van der Waals surface area contributed by atoms with Crippen molar-refractivity contribution in [3.8, 4) is 0 Å². The van der Waals surface area contributed by atoms with Gasteiger partial charge in [-0.2, -0.15) is 9.50 Å². The Morgan fingerprint density at radius 1 is 1.24 bits per heavy atom. The standard InChI is InChI=1S/C21H23N5O6S/c1-5-7-16-23-21-22-12(4)17(19(27)26(21)24-16)25-33(29,30)13-8-9-15-14(10-13)11(3)18(32-15)20(28)31-6-2/h8-10,25H,5-7H2,1-4H3,(H,22,23,24). The third-order valence-corrected chi connectivity index (χ3v) is 6.47. The first kappa shape index (κ1) is 22.5. The van der Waals surface area contributed by atoms with Gasteiger partial charge in [0.2, 0.25) is 5.76 Å². The van der Waals surface area contributed by atoms with Gasteiger partial charge in [-0.3, -0.25) is 14.6 Å². The number of aryl methyl sites for hydroxylation is 3. The van der Waals surface area contributed by atoms with Crippen molar-refractivity contribution >= 4 is 38.4 Å². The van der Waals surface area contributed by atoms with Crippen LogP contribution in [0.4, 0.5) is 5.69 Å². The number of hydrogen-bond acceptors (Lipinski definition) is 8. The van der Waals surface area contributed by atoms with Gasteiger partial charge in [-0.25, -0.2) is 18.2 Å².